The van der Waals surface area contributed by atoms with Gasteiger partial charge in [0.25, 0.3) is 11.8 Å². The average Bonchev–Trinajstić information content (AvgIpc) is 2.87. The van der Waals surface area contributed by atoms with Crippen molar-refractivity contribution in [2.24, 2.45) is 0 Å². The van der Waals surface area contributed by atoms with Gasteiger partial charge in [-0.05, 0) is 36.4 Å². The first-order valence-electron chi connectivity index (χ1n) is 8.78. The molecule has 5 nitrogen and oxygen atoms in total. The largest absolute Gasteiger partial charge is 0.496 e. The van der Waals surface area contributed by atoms with E-state index in [9.17, 15) is 9.59 Å². The molecule has 3 aromatic rings. The van der Waals surface area contributed by atoms with Crippen molar-refractivity contribution in [1.29, 1.82) is 0 Å². The molecule has 0 saturated carbocycles. The van der Waals surface area contributed by atoms with Gasteiger partial charge in [0.1, 0.15) is 5.75 Å². The Balaban J connectivity index is 1.54. The van der Waals surface area contributed by atoms with Crippen LogP contribution in [0.3, 0.4) is 0 Å². The first kappa shape index (κ1) is 18.1. The van der Waals surface area contributed by atoms with Gasteiger partial charge in [-0.1, -0.05) is 42.1 Å². The van der Waals surface area contributed by atoms with E-state index in [0.717, 1.165) is 21.1 Å². The molecule has 140 valence electrons. The second-order valence-electron chi connectivity index (χ2n) is 6.26. The Bertz CT molecular complexity index is 1070. The van der Waals surface area contributed by atoms with E-state index in [2.05, 4.69) is 10.6 Å². The number of hydrogen-bond acceptors (Lipinski definition) is 4. The number of ether oxygens (including phenoxy) is 1. The molecule has 0 unspecified atom stereocenters. The van der Waals surface area contributed by atoms with Crippen molar-refractivity contribution in [1.82, 2.24) is 5.32 Å². The topological polar surface area (TPSA) is 67.4 Å². The van der Waals surface area contributed by atoms with Crippen molar-refractivity contribution in [2.75, 3.05) is 12.4 Å². The van der Waals surface area contributed by atoms with Crippen LogP contribution >= 0.6 is 11.8 Å². The lowest BCUT2D eigenvalue weighted by molar-refractivity contribution is 0.0949. The van der Waals surface area contributed by atoms with Gasteiger partial charge < -0.3 is 15.4 Å². The maximum atomic E-state index is 12.6. The summed E-state index contributed by atoms with van der Waals surface area (Å²) in [5.74, 6) is 0.342. The Labute approximate surface area is 167 Å². The third-order valence-electron chi connectivity index (χ3n) is 4.47. The number of nitrogens with one attached hydrogen (secondary N) is 2. The van der Waals surface area contributed by atoms with E-state index in [4.69, 9.17) is 4.74 Å². The van der Waals surface area contributed by atoms with Crippen molar-refractivity contribution < 1.29 is 14.3 Å². The average molecular weight is 390 g/mol. The summed E-state index contributed by atoms with van der Waals surface area (Å²) >= 11 is 1.51. The minimum absolute atomic E-state index is 0.173. The van der Waals surface area contributed by atoms with Crippen LogP contribution in [0.15, 0.2) is 76.5 Å². The smallest absolute Gasteiger partial charge is 0.256 e. The van der Waals surface area contributed by atoms with Crippen molar-refractivity contribution in [3.63, 3.8) is 0 Å². The fraction of sp³-hybridized carbons (Fsp3) is 0.0909. The summed E-state index contributed by atoms with van der Waals surface area (Å²) in [5.41, 5.74) is 2.65. The van der Waals surface area contributed by atoms with E-state index < -0.39 is 0 Å². The molecule has 6 heteroatoms. The van der Waals surface area contributed by atoms with E-state index in [-0.39, 0.29) is 11.8 Å². The minimum Gasteiger partial charge on any atom is -0.496 e. The standard InChI is InChI=1S/C22H18N2O3S/c1-27-18-8-4-2-6-15(18)13-23-21(25)14-10-11-20-17(12-14)24-22(26)16-7-3-5-9-19(16)28-20/h2-12H,13H2,1H3,(H,23,25)(H,24,26). The molecule has 0 spiro atoms. The molecule has 0 atom stereocenters. The number of anilines is 1. The van der Waals surface area contributed by atoms with Crippen LogP contribution in [-0.2, 0) is 6.54 Å². The third kappa shape index (κ3) is 3.59. The van der Waals surface area contributed by atoms with Gasteiger partial charge in [-0.15, -0.1) is 0 Å². The Morgan fingerprint density at radius 1 is 1.04 bits per heavy atom. The number of methoxy groups -OCH3 is 1. The highest BCUT2D eigenvalue weighted by Crippen LogP contribution is 2.39. The van der Waals surface area contributed by atoms with E-state index in [1.54, 1.807) is 25.3 Å². The van der Waals surface area contributed by atoms with Crippen LogP contribution in [-0.4, -0.2) is 18.9 Å². The lowest BCUT2D eigenvalue weighted by Gasteiger charge is -2.11. The SMILES string of the molecule is COc1ccccc1CNC(=O)c1ccc2c(c1)NC(=O)c1ccccc1S2. The van der Waals surface area contributed by atoms with Crippen LogP contribution < -0.4 is 15.4 Å². The zero-order valence-electron chi connectivity index (χ0n) is 15.2. The molecule has 0 aliphatic carbocycles. The maximum absolute atomic E-state index is 12.6. The molecular formula is C22H18N2O3S. The number of benzene rings is 3. The predicted octanol–water partition coefficient (Wildman–Crippen LogP) is 4.34. The fourth-order valence-electron chi connectivity index (χ4n) is 3.04. The molecule has 0 saturated heterocycles. The molecule has 1 aliphatic rings. The number of para-hydroxylation sites is 1. The molecule has 1 aliphatic heterocycles. The highest BCUT2D eigenvalue weighted by molar-refractivity contribution is 7.99. The van der Waals surface area contributed by atoms with Gasteiger partial charge in [0.2, 0.25) is 0 Å². The number of carbonyl (C=O) groups is 2. The first-order valence-corrected chi connectivity index (χ1v) is 9.60. The Morgan fingerprint density at radius 3 is 2.68 bits per heavy atom. The summed E-state index contributed by atoms with van der Waals surface area (Å²) in [6, 6.07) is 20.3. The molecule has 28 heavy (non-hydrogen) atoms. The fourth-order valence-corrected chi connectivity index (χ4v) is 4.05. The first-order chi connectivity index (χ1) is 13.7. The molecule has 0 radical (unpaired) electrons. The van der Waals surface area contributed by atoms with Crippen LogP contribution in [0.5, 0.6) is 5.75 Å². The van der Waals surface area contributed by atoms with Crippen LogP contribution in [0.4, 0.5) is 5.69 Å². The van der Waals surface area contributed by atoms with Crippen LogP contribution in [0.25, 0.3) is 0 Å². The van der Waals surface area contributed by atoms with Crippen molar-refractivity contribution >= 4 is 29.3 Å². The van der Waals surface area contributed by atoms with E-state index >= 15 is 0 Å². The number of hydrogen-bond donors (Lipinski definition) is 2. The number of carbonyl (C=O) groups excluding carboxylic acids is 2. The zero-order valence-corrected chi connectivity index (χ0v) is 16.0. The monoisotopic (exact) mass is 390 g/mol. The summed E-state index contributed by atoms with van der Waals surface area (Å²) in [6.07, 6.45) is 0. The summed E-state index contributed by atoms with van der Waals surface area (Å²) in [7, 11) is 1.60. The molecule has 0 bridgehead atoms. The molecule has 0 aromatic heterocycles. The van der Waals surface area contributed by atoms with Gasteiger partial charge in [-0.2, -0.15) is 0 Å². The highest BCUT2D eigenvalue weighted by Gasteiger charge is 2.20. The number of amides is 2. The highest BCUT2D eigenvalue weighted by atomic mass is 32.2. The number of fused-ring (bicyclic) bond motifs is 2. The van der Waals surface area contributed by atoms with Gasteiger partial charge in [0.15, 0.2) is 0 Å². The van der Waals surface area contributed by atoms with E-state index in [1.807, 2.05) is 48.5 Å². The minimum atomic E-state index is -0.213. The number of rotatable bonds is 4. The second kappa shape index (κ2) is 7.78. The Kier molecular flexibility index (Phi) is 5.04. The lowest BCUT2D eigenvalue weighted by Crippen LogP contribution is -2.23. The second-order valence-corrected chi connectivity index (χ2v) is 7.34. The van der Waals surface area contributed by atoms with Crippen molar-refractivity contribution in [3.8, 4) is 5.75 Å². The molecule has 0 fully saturated rings. The Morgan fingerprint density at radius 2 is 1.82 bits per heavy atom. The van der Waals surface area contributed by atoms with E-state index in [0.29, 0.717) is 23.4 Å². The van der Waals surface area contributed by atoms with E-state index in [1.165, 1.54) is 11.8 Å². The summed E-state index contributed by atoms with van der Waals surface area (Å²) in [5, 5.41) is 5.81. The maximum Gasteiger partial charge on any atom is 0.256 e. The van der Waals surface area contributed by atoms with Gasteiger partial charge in [0, 0.05) is 27.5 Å². The summed E-state index contributed by atoms with van der Waals surface area (Å²) in [6.45, 7) is 0.354. The van der Waals surface area contributed by atoms with Crippen LogP contribution in [0, 0.1) is 0 Å². The third-order valence-corrected chi connectivity index (χ3v) is 5.63. The predicted molar refractivity (Wildman–Crippen MR) is 109 cm³/mol. The lowest BCUT2D eigenvalue weighted by atomic mass is 10.1. The van der Waals surface area contributed by atoms with Gasteiger partial charge in [-0.25, -0.2) is 0 Å². The van der Waals surface area contributed by atoms with Crippen LogP contribution in [0.2, 0.25) is 0 Å². The summed E-state index contributed by atoms with van der Waals surface area (Å²) in [4.78, 5) is 26.9. The van der Waals surface area contributed by atoms with Gasteiger partial charge >= 0.3 is 0 Å². The molecule has 1 heterocycles. The normalized spacial score (nSPS) is 12.2. The summed E-state index contributed by atoms with van der Waals surface area (Å²) < 4.78 is 5.31. The van der Waals surface area contributed by atoms with Gasteiger partial charge in [-0.3, -0.25) is 9.59 Å². The van der Waals surface area contributed by atoms with Gasteiger partial charge in [0.05, 0.1) is 18.4 Å². The molecular weight excluding hydrogens is 372 g/mol. The molecule has 4 rings (SSSR count). The van der Waals surface area contributed by atoms with Crippen molar-refractivity contribution in [2.45, 2.75) is 16.3 Å². The molecule has 2 amide bonds. The molecule has 3 aromatic carbocycles. The molecule has 2 N–H and O–H groups in total. The Hall–Kier alpha value is -3.25. The quantitative estimate of drug-likeness (QED) is 0.695. The zero-order chi connectivity index (χ0) is 19.5. The van der Waals surface area contributed by atoms with Crippen LogP contribution in [0.1, 0.15) is 26.3 Å². The van der Waals surface area contributed by atoms with Crippen molar-refractivity contribution in [3.05, 3.63) is 83.4 Å².